The second kappa shape index (κ2) is 8.95. The highest BCUT2D eigenvalue weighted by Gasteiger charge is 2.00. The quantitative estimate of drug-likeness (QED) is 0.732. The van der Waals surface area contributed by atoms with Crippen molar-refractivity contribution in [2.45, 2.75) is 39.8 Å². The molecule has 0 aromatic heterocycles. The Morgan fingerprint density at radius 3 is 2.50 bits per heavy atom. The van der Waals surface area contributed by atoms with Crippen LogP contribution in [0.3, 0.4) is 0 Å². The molecular weight excluding hydrogens is 226 g/mol. The number of rotatable bonds is 9. The molecule has 0 aliphatic heterocycles. The summed E-state index contributed by atoms with van der Waals surface area (Å²) in [5, 5.41) is 3.38. The highest BCUT2D eigenvalue weighted by Crippen LogP contribution is 2.12. The molecule has 0 bridgehead atoms. The molecule has 0 saturated carbocycles. The van der Waals surface area contributed by atoms with Crippen molar-refractivity contribution in [1.82, 2.24) is 5.32 Å². The zero-order valence-electron chi connectivity index (χ0n) is 11.7. The Kier molecular flexibility index (Phi) is 7.46. The molecular formula is C15H25NO2. The minimum absolute atomic E-state index is 0.266. The molecule has 3 nitrogen and oxygen atoms in total. The minimum atomic E-state index is 0.266. The van der Waals surface area contributed by atoms with Gasteiger partial charge in [0.15, 0.2) is 0 Å². The van der Waals surface area contributed by atoms with E-state index in [2.05, 4.69) is 31.3 Å². The lowest BCUT2D eigenvalue weighted by Gasteiger charge is -2.12. The number of benzene rings is 1. The Bertz CT molecular complexity index is 311. The molecule has 0 heterocycles. The van der Waals surface area contributed by atoms with E-state index in [4.69, 9.17) is 9.47 Å². The standard InChI is InChI=1S/C15H25NO2/c1-4-10-18-15-8-6-14(7-9-15)12-16-11-13(3)17-5-2/h6-9,13,16H,4-5,10-12H2,1-3H3. The Morgan fingerprint density at radius 1 is 1.17 bits per heavy atom. The lowest BCUT2D eigenvalue weighted by molar-refractivity contribution is 0.0759. The maximum atomic E-state index is 5.54. The van der Waals surface area contributed by atoms with Gasteiger partial charge in [-0.25, -0.2) is 0 Å². The first kappa shape index (κ1) is 15.0. The average molecular weight is 251 g/mol. The molecule has 102 valence electrons. The van der Waals surface area contributed by atoms with Crippen LogP contribution < -0.4 is 10.1 Å². The molecule has 1 aromatic carbocycles. The van der Waals surface area contributed by atoms with Crippen molar-refractivity contribution in [2.24, 2.45) is 0 Å². The lowest BCUT2D eigenvalue weighted by Crippen LogP contribution is -2.26. The predicted molar refractivity (Wildman–Crippen MR) is 75.0 cm³/mol. The maximum Gasteiger partial charge on any atom is 0.119 e. The van der Waals surface area contributed by atoms with Crippen LogP contribution in [0.1, 0.15) is 32.8 Å². The molecule has 1 aromatic rings. The Hall–Kier alpha value is -1.06. The van der Waals surface area contributed by atoms with E-state index in [1.807, 2.05) is 19.1 Å². The van der Waals surface area contributed by atoms with E-state index >= 15 is 0 Å². The average Bonchev–Trinajstić information content (AvgIpc) is 2.38. The third-order valence-corrected chi connectivity index (χ3v) is 2.61. The van der Waals surface area contributed by atoms with E-state index in [0.717, 1.165) is 38.5 Å². The fourth-order valence-corrected chi connectivity index (χ4v) is 1.69. The van der Waals surface area contributed by atoms with Gasteiger partial charge in [-0.05, 0) is 38.0 Å². The van der Waals surface area contributed by atoms with E-state index in [1.165, 1.54) is 5.56 Å². The summed E-state index contributed by atoms with van der Waals surface area (Å²) in [4.78, 5) is 0. The van der Waals surface area contributed by atoms with Crippen LogP contribution >= 0.6 is 0 Å². The van der Waals surface area contributed by atoms with Gasteiger partial charge in [0.25, 0.3) is 0 Å². The molecule has 0 saturated heterocycles. The van der Waals surface area contributed by atoms with Gasteiger partial charge in [0, 0.05) is 19.7 Å². The van der Waals surface area contributed by atoms with Crippen LogP contribution in [0.5, 0.6) is 5.75 Å². The summed E-state index contributed by atoms with van der Waals surface area (Å²) < 4.78 is 11.0. The van der Waals surface area contributed by atoms with Gasteiger partial charge in [-0.15, -0.1) is 0 Å². The van der Waals surface area contributed by atoms with Gasteiger partial charge in [-0.1, -0.05) is 19.1 Å². The number of hydrogen-bond acceptors (Lipinski definition) is 3. The van der Waals surface area contributed by atoms with Crippen molar-refractivity contribution in [2.75, 3.05) is 19.8 Å². The van der Waals surface area contributed by atoms with Crippen molar-refractivity contribution in [1.29, 1.82) is 0 Å². The molecule has 0 fully saturated rings. The second-order valence-corrected chi connectivity index (χ2v) is 4.39. The first-order valence-electron chi connectivity index (χ1n) is 6.80. The molecule has 1 unspecified atom stereocenters. The predicted octanol–water partition coefficient (Wildman–Crippen LogP) is 2.99. The van der Waals surface area contributed by atoms with Crippen molar-refractivity contribution < 1.29 is 9.47 Å². The van der Waals surface area contributed by atoms with Crippen LogP contribution in [0.4, 0.5) is 0 Å². The van der Waals surface area contributed by atoms with Crippen molar-refractivity contribution in [3.63, 3.8) is 0 Å². The van der Waals surface area contributed by atoms with E-state index in [1.54, 1.807) is 0 Å². The van der Waals surface area contributed by atoms with Gasteiger partial charge >= 0.3 is 0 Å². The Balaban J connectivity index is 2.26. The first-order chi connectivity index (χ1) is 8.76. The summed E-state index contributed by atoms with van der Waals surface area (Å²) in [6.07, 6.45) is 1.31. The summed E-state index contributed by atoms with van der Waals surface area (Å²) >= 11 is 0. The number of ether oxygens (including phenoxy) is 2. The van der Waals surface area contributed by atoms with E-state index in [9.17, 15) is 0 Å². The maximum absolute atomic E-state index is 5.54. The van der Waals surface area contributed by atoms with Crippen LogP contribution in [-0.2, 0) is 11.3 Å². The zero-order valence-corrected chi connectivity index (χ0v) is 11.7. The fraction of sp³-hybridized carbons (Fsp3) is 0.600. The first-order valence-corrected chi connectivity index (χ1v) is 6.80. The molecule has 0 amide bonds. The minimum Gasteiger partial charge on any atom is -0.494 e. The van der Waals surface area contributed by atoms with Gasteiger partial charge in [0.1, 0.15) is 5.75 Å². The largest absolute Gasteiger partial charge is 0.494 e. The Labute approximate surface area is 110 Å². The summed E-state index contributed by atoms with van der Waals surface area (Å²) in [7, 11) is 0. The zero-order chi connectivity index (χ0) is 13.2. The van der Waals surface area contributed by atoms with Crippen LogP contribution in [0, 0.1) is 0 Å². The highest BCUT2D eigenvalue weighted by molar-refractivity contribution is 5.27. The summed E-state index contributed by atoms with van der Waals surface area (Å²) in [5.74, 6) is 0.947. The van der Waals surface area contributed by atoms with Crippen molar-refractivity contribution >= 4 is 0 Å². The highest BCUT2D eigenvalue weighted by atomic mass is 16.5. The third kappa shape index (κ3) is 6.03. The van der Waals surface area contributed by atoms with Gasteiger partial charge in [-0.2, -0.15) is 0 Å². The molecule has 1 rings (SSSR count). The summed E-state index contributed by atoms with van der Waals surface area (Å²) in [6.45, 7) is 9.50. The van der Waals surface area contributed by atoms with Crippen LogP contribution in [0.2, 0.25) is 0 Å². The molecule has 0 spiro atoms. The molecule has 18 heavy (non-hydrogen) atoms. The fourth-order valence-electron chi connectivity index (χ4n) is 1.69. The number of hydrogen-bond donors (Lipinski definition) is 1. The lowest BCUT2D eigenvalue weighted by atomic mass is 10.2. The molecule has 1 N–H and O–H groups in total. The van der Waals surface area contributed by atoms with E-state index in [-0.39, 0.29) is 6.10 Å². The Morgan fingerprint density at radius 2 is 1.89 bits per heavy atom. The smallest absolute Gasteiger partial charge is 0.119 e. The van der Waals surface area contributed by atoms with Crippen LogP contribution in [0.25, 0.3) is 0 Å². The topological polar surface area (TPSA) is 30.5 Å². The molecule has 0 aliphatic carbocycles. The summed E-state index contributed by atoms with van der Waals surface area (Å²) in [6, 6.07) is 8.25. The van der Waals surface area contributed by atoms with Gasteiger partial charge in [-0.3, -0.25) is 0 Å². The van der Waals surface area contributed by atoms with Crippen molar-refractivity contribution in [3.8, 4) is 5.75 Å². The van der Waals surface area contributed by atoms with Crippen LogP contribution in [0.15, 0.2) is 24.3 Å². The number of nitrogens with one attached hydrogen (secondary N) is 1. The van der Waals surface area contributed by atoms with Crippen LogP contribution in [-0.4, -0.2) is 25.9 Å². The third-order valence-electron chi connectivity index (χ3n) is 2.61. The molecule has 3 heteroatoms. The molecule has 1 atom stereocenters. The van der Waals surface area contributed by atoms with Gasteiger partial charge in [0.05, 0.1) is 12.7 Å². The monoisotopic (exact) mass is 251 g/mol. The van der Waals surface area contributed by atoms with E-state index < -0.39 is 0 Å². The molecule has 0 radical (unpaired) electrons. The SMILES string of the molecule is CCCOc1ccc(CNCC(C)OCC)cc1. The van der Waals surface area contributed by atoms with Crippen molar-refractivity contribution in [3.05, 3.63) is 29.8 Å². The molecule has 0 aliphatic rings. The normalized spacial score (nSPS) is 12.4. The van der Waals surface area contributed by atoms with E-state index in [0.29, 0.717) is 0 Å². The van der Waals surface area contributed by atoms with Gasteiger partial charge in [0.2, 0.25) is 0 Å². The second-order valence-electron chi connectivity index (χ2n) is 4.39. The summed E-state index contributed by atoms with van der Waals surface area (Å²) in [5.41, 5.74) is 1.27. The van der Waals surface area contributed by atoms with Gasteiger partial charge < -0.3 is 14.8 Å².